The third-order valence-electron chi connectivity index (χ3n) is 5.97. The molecule has 0 spiro atoms. The van der Waals surface area contributed by atoms with Gasteiger partial charge in [0.05, 0.1) is 4.90 Å². The molecule has 2 N–H and O–H groups in total. The second-order valence-electron chi connectivity index (χ2n) is 8.83. The molecule has 2 amide bonds. The molecule has 1 fully saturated rings. The molecule has 9 heteroatoms. The van der Waals surface area contributed by atoms with Crippen molar-refractivity contribution in [2.45, 2.75) is 37.6 Å². The Hall–Kier alpha value is -2.75. The zero-order valence-electron chi connectivity index (χ0n) is 19.9. The number of likely N-dealkylation sites (N-methyl/N-ethyl adjacent to an activating group) is 1. The maximum absolute atomic E-state index is 12.9. The van der Waals surface area contributed by atoms with Crippen molar-refractivity contribution in [3.63, 3.8) is 0 Å². The lowest BCUT2D eigenvalue weighted by Crippen LogP contribution is -2.40. The van der Waals surface area contributed by atoms with Gasteiger partial charge in [0.25, 0.3) is 0 Å². The Bertz CT molecular complexity index is 1050. The first-order valence-corrected chi connectivity index (χ1v) is 13.0. The van der Waals surface area contributed by atoms with Gasteiger partial charge in [-0.05, 0) is 55.6 Å². The number of nitrogens with one attached hydrogen (secondary N) is 2. The van der Waals surface area contributed by atoms with E-state index in [1.54, 1.807) is 12.1 Å². The highest BCUT2D eigenvalue weighted by atomic mass is 32.2. The lowest BCUT2D eigenvalue weighted by atomic mass is 9.94. The fourth-order valence-corrected chi connectivity index (χ4v) is 5.58. The van der Waals surface area contributed by atoms with Crippen molar-refractivity contribution in [1.82, 2.24) is 14.5 Å². The number of hydrogen-bond donors (Lipinski definition) is 2. The molecule has 0 saturated carbocycles. The minimum Gasteiger partial charge on any atom is -0.355 e. The Morgan fingerprint density at radius 2 is 1.68 bits per heavy atom. The summed E-state index contributed by atoms with van der Waals surface area (Å²) in [7, 11) is -1.56. The first kappa shape index (κ1) is 25.9. The van der Waals surface area contributed by atoms with Gasteiger partial charge in [-0.1, -0.05) is 30.3 Å². The lowest BCUT2D eigenvalue weighted by Gasteiger charge is -2.31. The Morgan fingerprint density at radius 3 is 2.29 bits per heavy atom. The van der Waals surface area contributed by atoms with Gasteiger partial charge in [0, 0.05) is 51.8 Å². The highest BCUT2D eigenvalue weighted by Gasteiger charge is 2.30. The number of amides is 2. The predicted octanol–water partition coefficient (Wildman–Crippen LogP) is 2.68. The van der Waals surface area contributed by atoms with E-state index in [1.807, 2.05) is 25.2 Å². The molecule has 0 aromatic heterocycles. The summed E-state index contributed by atoms with van der Waals surface area (Å²) in [5.41, 5.74) is 1.80. The van der Waals surface area contributed by atoms with Crippen molar-refractivity contribution >= 4 is 27.5 Å². The Balaban J connectivity index is 1.39. The van der Waals surface area contributed by atoms with Crippen LogP contribution in [0.15, 0.2) is 59.5 Å². The normalized spacial score (nSPS) is 15.3. The van der Waals surface area contributed by atoms with E-state index in [9.17, 15) is 18.0 Å². The van der Waals surface area contributed by atoms with E-state index in [2.05, 4.69) is 27.7 Å². The third-order valence-corrected chi connectivity index (χ3v) is 7.88. The smallest absolute Gasteiger partial charge is 0.243 e. The van der Waals surface area contributed by atoms with Crippen LogP contribution in [0, 0.1) is 5.92 Å². The van der Waals surface area contributed by atoms with Gasteiger partial charge in [0.15, 0.2) is 0 Å². The number of carbonyl (C=O) groups excluding carboxylic acids is 2. The van der Waals surface area contributed by atoms with Crippen LogP contribution in [0.25, 0.3) is 0 Å². The second kappa shape index (κ2) is 12.1. The van der Waals surface area contributed by atoms with Gasteiger partial charge >= 0.3 is 0 Å². The van der Waals surface area contributed by atoms with E-state index in [1.165, 1.54) is 28.9 Å². The van der Waals surface area contributed by atoms with E-state index < -0.39 is 10.0 Å². The molecule has 0 bridgehead atoms. The van der Waals surface area contributed by atoms with Gasteiger partial charge in [0.1, 0.15) is 0 Å². The molecule has 3 rings (SSSR count). The molecule has 1 saturated heterocycles. The number of piperidine rings is 1. The van der Waals surface area contributed by atoms with Crippen LogP contribution in [0.1, 0.15) is 31.7 Å². The molecule has 184 valence electrons. The Kier molecular flexibility index (Phi) is 9.20. The Morgan fingerprint density at radius 1 is 1.03 bits per heavy atom. The molecule has 0 radical (unpaired) electrons. The van der Waals surface area contributed by atoms with Crippen molar-refractivity contribution in [2.75, 3.05) is 38.5 Å². The summed E-state index contributed by atoms with van der Waals surface area (Å²) in [6, 6.07) is 16.4. The van der Waals surface area contributed by atoms with Crippen molar-refractivity contribution < 1.29 is 18.0 Å². The zero-order valence-corrected chi connectivity index (χ0v) is 20.7. The van der Waals surface area contributed by atoms with Crippen LogP contribution in [0.4, 0.5) is 5.69 Å². The molecule has 2 aromatic rings. The fraction of sp³-hybridized carbons (Fsp3) is 0.440. The number of hydrogen-bond acceptors (Lipinski definition) is 5. The van der Waals surface area contributed by atoms with Crippen LogP contribution in [0.5, 0.6) is 0 Å². The highest BCUT2D eigenvalue weighted by molar-refractivity contribution is 7.89. The monoisotopic (exact) mass is 486 g/mol. The Labute approximate surface area is 202 Å². The van der Waals surface area contributed by atoms with Crippen molar-refractivity contribution in [2.24, 2.45) is 5.92 Å². The highest BCUT2D eigenvalue weighted by Crippen LogP contribution is 2.26. The maximum atomic E-state index is 12.9. The summed E-state index contributed by atoms with van der Waals surface area (Å²) in [5.74, 6) is -0.0143. The minimum atomic E-state index is -3.59. The number of anilines is 1. The number of carbonyl (C=O) groups is 2. The van der Waals surface area contributed by atoms with Gasteiger partial charge in [0.2, 0.25) is 21.8 Å². The van der Waals surface area contributed by atoms with Crippen LogP contribution < -0.4 is 10.6 Å². The second-order valence-corrected chi connectivity index (χ2v) is 10.8. The summed E-state index contributed by atoms with van der Waals surface area (Å²) in [6.45, 7) is 4.38. The number of benzene rings is 2. The molecular weight excluding hydrogens is 452 g/mol. The molecule has 1 aliphatic rings. The number of sulfonamides is 1. The quantitative estimate of drug-likeness (QED) is 0.538. The van der Waals surface area contributed by atoms with Gasteiger partial charge in [-0.3, -0.25) is 9.59 Å². The van der Waals surface area contributed by atoms with Gasteiger partial charge in [-0.15, -0.1) is 0 Å². The SMILES string of the molecule is CC(=O)Nc1ccc(S(=O)(=O)N2CCC(CC(=O)NCCN(C)Cc3ccccc3)CC2)cc1. The summed E-state index contributed by atoms with van der Waals surface area (Å²) in [5, 5.41) is 5.62. The molecule has 1 heterocycles. The fourth-order valence-electron chi connectivity index (χ4n) is 4.11. The van der Waals surface area contributed by atoms with Crippen molar-refractivity contribution in [1.29, 1.82) is 0 Å². The van der Waals surface area contributed by atoms with Gasteiger partial charge in [-0.25, -0.2) is 8.42 Å². The van der Waals surface area contributed by atoms with Crippen LogP contribution in [0.3, 0.4) is 0 Å². The molecule has 1 aliphatic heterocycles. The molecule has 8 nitrogen and oxygen atoms in total. The molecule has 0 aliphatic carbocycles. The molecule has 2 aromatic carbocycles. The molecular formula is C25H34N4O4S. The molecule has 0 unspecified atom stereocenters. The number of nitrogens with zero attached hydrogens (tertiary/aromatic N) is 2. The van der Waals surface area contributed by atoms with Crippen molar-refractivity contribution in [3.05, 3.63) is 60.2 Å². The average molecular weight is 487 g/mol. The molecule has 34 heavy (non-hydrogen) atoms. The summed E-state index contributed by atoms with van der Waals surface area (Å²) >= 11 is 0. The first-order valence-electron chi connectivity index (χ1n) is 11.6. The van der Waals surface area contributed by atoms with Crippen LogP contribution >= 0.6 is 0 Å². The topological polar surface area (TPSA) is 98.8 Å². The van der Waals surface area contributed by atoms with Crippen LogP contribution in [0.2, 0.25) is 0 Å². The first-order chi connectivity index (χ1) is 16.2. The van der Waals surface area contributed by atoms with Crippen LogP contribution in [-0.2, 0) is 26.2 Å². The van der Waals surface area contributed by atoms with E-state index in [0.717, 1.165) is 13.1 Å². The van der Waals surface area contributed by atoms with E-state index in [-0.39, 0.29) is 22.6 Å². The standard InChI is InChI=1S/C25H34N4O4S/c1-20(30)27-23-8-10-24(11-9-23)34(32,33)29-15-12-21(13-16-29)18-25(31)26-14-17-28(2)19-22-6-4-3-5-7-22/h3-11,21H,12-19H2,1-2H3,(H,26,31)(H,27,30). The van der Waals surface area contributed by atoms with E-state index in [4.69, 9.17) is 0 Å². The summed E-state index contributed by atoms with van der Waals surface area (Å²) < 4.78 is 27.4. The predicted molar refractivity (Wildman–Crippen MR) is 133 cm³/mol. The van der Waals surface area contributed by atoms with E-state index in [0.29, 0.717) is 44.6 Å². The summed E-state index contributed by atoms with van der Waals surface area (Å²) in [6.07, 6.45) is 1.73. The van der Waals surface area contributed by atoms with Crippen molar-refractivity contribution in [3.8, 4) is 0 Å². The zero-order chi connectivity index (χ0) is 24.6. The van der Waals surface area contributed by atoms with Gasteiger partial charge in [-0.2, -0.15) is 4.31 Å². The van der Waals surface area contributed by atoms with Gasteiger partial charge < -0.3 is 15.5 Å². The lowest BCUT2D eigenvalue weighted by molar-refractivity contribution is -0.122. The van der Waals surface area contributed by atoms with E-state index >= 15 is 0 Å². The number of rotatable bonds is 10. The third kappa shape index (κ3) is 7.65. The summed E-state index contributed by atoms with van der Waals surface area (Å²) in [4.78, 5) is 25.9. The van der Waals surface area contributed by atoms with Crippen LogP contribution in [-0.4, -0.2) is 62.7 Å². The minimum absolute atomic E-state index is 0.0166. The average Bonchev–Trinajstić information content (AvgIpc) is 2.80. The molecule has 0 atom stereocenters. The maximum Gasteiger partial charge on any atom is 0.243 e. The largest absolute Gasteiger partial charge is 0.355 e.